The monoisotopic (exact) mass is 314 g/mol. The summed E-state index contributed by atoms with van der Waals surface area (Å²) in [6, 6.07) is 0. The molecule has 0 aromatic carbocycles. The average molecular weight is 314 g/mol. The quantitative estimate of drug-likeness (QED) is 0.763. The van der Waals surface area contributed by atoms with Crippen molar-refractivity contribution in [1.82, 2.24) is 5.32 Å². The second kappa shape index (κ2) is 5.92. The number of thioether (sulfide) groups is 1. The highest BCUT2D eigenvalue weighted by molar-refractivity contribution is 8.00. The van der Waals surface area contributed by atoms with Crippen molar-refractivity contribution in [2.45, 2.75) is 12.2 Å². The number of hydrogen-bond acceptors (Lipinski definition) is 6. The molecule has 2 amide bonds. The Morgan fingerprint density at radius 3 is 2.70 bits per heavy atom. The molecule has 8 heteroatoms. The van der Waals surface area contributed by atoms with Gasteiger partial charge in [0, 0.05) is 31.1 Å². The van der Waals surface area contributed by atoms with E-state index < -0.39 is 5.91 Å². The molecule has 0 aliphatic carbocycles. The topological polar surface area (TPSA) is 101 Å². The molecule has 6 nitrogen and oxygen atoms in total. The molecule has 20 heavy (non-hydrogen) atoms. The molecule has 2 heterocycles. The summed E-state index contributed by atoms with van der Waals surface area (Å²) in [5, 5.41) is 3.71. The summed E-state index contributed by atoms with van der Waals surface area (Å²) in [7, 11) is 1.53. The Morgan fingerprint density at radius 1 is 1.45 bits per heavy atom. The molecule has 1 aromatic heterocycles. The third-order valence-electron chi connectivity index (χ3n) is 3.13. The number of nitrogens with two attached hydrogens (primary N) is 2. The van der Waals surface area contributed by atoms with E-state index >= 15 is 0 Å². The molecule has 1 atom stereocenters. The molecule has 0 spiro atoms. The highest BCUT2D eigenvalue weighted by Crippen LogP contribution is 2.39. The van der Waals surface area contributed by atoms with Crippen LogP contribution >= 0.6 is 23.1 Å². The Morgan fingerprint density at radius 2 is 2.15 bits per heavy atom. The zero-order chi connectivity index (χ0) is 14.9. The third-order valence-corrected chi connectivity index (χ3v) is 5.54. The fourth-order valence-electron chi connectivity index (χ4n) is 2.18. The second-order valence-electron chi connectivity index (χ2n) is 4.60. The molecule has 0 saturated carbocycles. The maximum absolute atomic E-state index is 11.8. The molecule has 5 N–H and O–H groups in total. The van der Waals surface area contributed by atoms with Crippen LogP contribution < -0.4 is 21.7 Å². The minimum Gasteiger partial charge on any atom is -0.397 e. The second-order valence-corrected chi connectivity index (χ2v) is 7.14. The van der Waals surface area contributed by atoms with Crippen LogP contribution in [0.25, 0.3) is 0 Å². The van der Waals surface area contributed by atoms with E-state index in [1.54, 1.807) is 0 Å². The Bertz CT molecular complexity index is 544. The summed E-state index contributed by atoms with van der Waals surface area (Å²) < 4.78 is 0. The number of nitrogens with one attached hydrogen (secondary N) is 1. The predicted molar refractivity (Wildman–Crippen MR) is 84.8 cm³/mol. The highest BCUT2D eigenvalue weighted by atomic mass is 32.2. The third kappa shape index (κ3) is 2.71. The molecular formula is C12H18N4O2S2. The predicted octanol–water partition coefficient (Wildman–Crippen LogP) is 0.731. The van der Waals surface area contributed by atoms with Crippen molar-refractivity contribution in [3.63, 3.8) is 0 Å². The largest absolute Gasteiger partial charge is 0.397 e. The first-order chi connectivity index (χ1) is 9.45. The molecule has 1 saturated heterocycles. The first-order valence-corrected chi connectivity index (χ1v) is 8.13. The van der Waals surface area contributed by atoms with E-state index in [-0.39, 0.29) is 17.2 Å². The van der Waals surface area contributed by atoms with Gasteiger partial charge in [0.2, 0.25) is 0 Å². The Labute approximate surface area is 125 Å². The van der Waals surface area contributed by atoms with Gasteiger partial charge in [-0.15, -0.1) is 11.3 Å². The van der Waals surface area contributed by atoms with Crippen LogP contribution in [0, 0.1) is 0 Å². The van der Waals surface area contributed by atoms with E-state index in [0.29, 0.717) is 15.1 Å². The van der Waals surface area contributed by atoms with Crippen molar-refractivity contribution >= 4 is 45.6 Å². The van der Waals surface area contributed by atoms with Crippen molar-refractivity contribution in [1.29, 1.82) is 0 Å². The van der Waals surface area contributed by atoms with Crippen molar-refractivity contribution in [3.05, 3.63) is 10.4 Å². The summed E-state index contributed by atoms with van der Waals surface area (Å²) in [5.41, 5.74) is 11.8. The van der Waals surface area contributed by atoms with Gasteiger partial charge >= 0.3 is 0 Å². The summed E-state index contributed by atoms with van der Waals surface area (Å²) >= 11 is 3.12. The molecular weight excluding hydrogens is 296 g/mol. The van der Waals surface area contributed by atoms with Crippen LogP contribution in [0.4, 0.5) is 10.7 Å². The molecule has 1 aliphatic heterocycles. The van der Waals surface area contributed by atoms with Crippen LogP contribution in [0.5, 0.6) is 0 Å². The van der Waals surface area contributed by atoms with E-state index in [2.05, 4.69) is 17.1 Å². The summed E-state index contributed by atoms with van der Waals surface area (Å²) in [5.74, 6) is 0.0995. The molecule has 1 aromatic rings. The SMILES string of the molecule is CNC(=O)c1sc(N2CCSC(C)C2)c(C(N)=O)c1N. The summed E-state index contributed by atoms with van der Waals surface area (Å²) in [6.45, 7) is 3.78. The van der Waals surface area contributed by atoms with Gasteiger partial charge in [-0.3, -0.25) is 9.59 Å². The van der Waals surface area contributed by atoms with Gasteiger partial charge in [0.25, 0.3) is 11.8 Å². The van der Waals surface area contributed by atoms with Crippen molar-refractivity contribution in [2.75, 3.05) is 36.5 Å². The van der Waals surface area contributed by atoms with Crippen molar-refractivity contribution in [3.8, 4) is 0 Å². The number of nitrogens with zero attached hydrogens (tertiary/aromatic N) is 1. The number of anilines is 2. The number of primary amides is 1. The molecule has 1 aliphatic rings. The number of carbonyl (C=O) groups excluding carboxylic acids is 2. The number of nitrogen functional groups attached to an aromatic ring is 1. The lowest BCUT2D eigenvalue weighted by atomic mass is 10.2. The van der Waals surface area contributed by atoms with Crippen LogP contribution in [0.2, 0.25) is 0 Å². The Hall–Kier alpha value is -1.41. The van der Waals surface area contributed by atoms with Crippen molar-refractivity contribution < 1.29 is 9.59 Å². The van der Waals surface area contributed by atoms with Crippen LogP contribution in [-0.2, 0) is 0 Å². The standard InChI is InChI=1S/C12H18N4O2S2/c1-6-5-16(3-4-19-6)12-7(10(14)17)8(13)9(20-12)11(18)15-2/h6H,3-5,13H2,1-2H3,(H2,14,17)(H,15,18). The number of hydrogen-bond donors (Lipinski definition) is 3. The lowest BCUT2D eigenvalue weighted by Gasteiger charge is -2.31. The van der Waals surface area contributed by atoms with Crippen LogP contribution in [-0.4, -0.2) is 43.0 Å². The maximum Gasteiger partial charge on any atom is 0.263 e. The number of carbonyl (C=O) groups is 2. The van der Waals surface area contributed by atoms with E-state index in [4.69, 9.17) is 11.5 Å². The molecule has 110 valence electrons. The van der Waals surface area contributed by atoms with Gasteiger partial charge < -0.3 is 21.7 Å². The lowest BCUT2D eigenvalue weighted by molar-refractivity contribution is 0.0967. The zero-order valence-corrected chi connectivity index (χ0v) is 13.1. The maximum atomic E-state index is 11.8. The Kier molecular flexibility index (Phi) is 4.44. The number of rotatable bonds is 3. The lowest BCUT2D eigenvalue weighted by Crippen LogP contribution is -2.37. The van der Waals surface area contributed by atoms with Crippen LogP contribution in [0.3, 0.4) is 0 Å². The molecule has 0 bridgehead atoms. The van der Waals surface area contributed by atoms with Crippen LogP contribution in [0.1, 0.15) is 27.0 Å². The Balaban J connectivity index is 2.45. The van der Waals surface area contributed by atoms with Gasteiger partial charge in [-0.2, -0.15) is 11.8 Å². The van der Waals surface area contributed by atoms with E-state index in [1.807, 2.05) is 11.8 Å². The fraction of sp³-hybridized carbons (Fsp3) is 0.500. The summed E-state index contributed by atoms with van der Waals surface area (Å²) in [4.78, 5) is 25.9. The normalized spacial score (nSPS) is 18.9. The number of thiophene rings is 1. The molecule has 1 unspecified atom stereocenters. The number of amides is 2. The van der Waals surface area contributed by atoms with E-state index in [1.165, 1.54) is 18.4 Å². The van der Waals surface area contributed by atoms with Gasteiger partial charge in [0.15, 0.2) is 0 Å². The zero-order valence-electron chi connectivity index (χ0n) is 11.4. The smallest absolute Gasteiger partial charge is 0.263 e. The summed E-state index contributed by atoms with van der Waals surface area (Å²) in [6.07, 6.45) is 0. The van der Waals surface area contributed by atoms with Gasteiger partial charge in [-0.1, -0.05) is 6.92 Å². The van der Waals surface area contributed by atoms with E-state index in [9.17, 15) is 9.59 Å². The molecule has 0 radical (unpaired) electrons. The fourth-order valence-corrected chi connectivity index (χ4v) is 4.40. The average Bonchev–Trinajstić information content (AvgIpc) is 2.75. The highest BCUT2D eigenvalue weighted by Gasteiger charge is 2.28. The first-order valence-electron chi connectivity index (χ1n) is 6.26. The van der Waals surface area contributed by atoms with E-state index in [0.717, 1.165) is 18.8 Å². The van der Waals surface area contributed by atoms with Gasteiger partial charge in [-0.25, -0.2) is 0 Å². The van der Waals surface area contributed by atoms with Crippen LogP contribution in [0.15, 0.2) is 0 Å². The van der Waals surface area contributed by atoms with Gasteiger partial charge in [-0.05, 0) is 0 Å². The van der Waals surface area contributed by atoms with Crippen molar-refractivity contribution in [2.24, 2.45) is 5.73 Å². The minimum absolute atomic E-state index is 0.183. The molecule has 2 rings (SSSR count). The van der Waals surface area contributed by atoms with Gasteiger partial charge in [0.05, 0.1) is 11.3 Å². The van der Waals surface area contributed by atoms with Gasteiger partial charge in [0.1, 0.15) is 9.88 Å². The molecule has 1 fully saturated rings. The first kappa shape index (κ1) is 15.0. The minimum atomic E-state index is -0.588.